The first-order chi connectivity index (χ1) is 7.87. The van der Waals surface area contributed by atoms with Crippen LogP contribution in [-0.4, -0.2) is 29.3 Å². The first-order valence-electron chi connectivity index (χ1n) is 7.59. The first-order valence-corrected chi connectivity index (χ1v) is 16.8. The van der Waals surface area contributed by atoms with Gasteiger partial charge in [-0.15, -0.1) is 0 Å². The summed E-state index contributed by atoms with van der Waals surface area (Å²) in [6.07, 6.45) is 0. The maximum absolute atomic E-state index is 11.1. The molecule has 0 aromatic rings. The molecule has 0 aromatic carbocycles. The van der Waals surface area contributed by atoms with Crippen molar-refractivity contribution in [1.29, 1.82) is 0 Å². The van der Waals surface area contributed by atoms with Gasteiger partial charge in [0.1, 0.15) is 0 Å². The van der Waals surface area contributed by atoms with Gasteiger partial charge in [-0.2, -0.15) is 0 Å². The Labute approximate surface area is 125 Å². The Bertz CT molecular complexity index is 282. The van der Waals surface area contributed by atoms with Crippen molar-refractivity contribution in [3.05, 3.63) is 0 Å². The molecule has 0 rings (SSSR count). The molecule has 0 aromatic heterocycles. The van der Waals surface area contributed by atoms with E-state index < -0.39 is 24.5 Å². The van der Waals surface area contributed by atoms with Crippen LogP contribution in [0.4, 0.5) is 0 Å². The third kappa shape index (κ3) is 3.83. The van der Waals surface area contributed by atoms with E-state index >= 15 is 0 Å². The van der Waals surface area contributed by atoms with Crippen LogP contribution < -0.4 is 0 Å². The van der Waals surface area contributed by atoms with Gasteiger partial charge in [0.2, 0.25) is 0 Å². The Kier molecular flexibility index (Phi) is 5.27. The maximum atomic E-state index is 11.1. The molecule has 1 N–H and O–H groups in total. The second-order valence-electron chi connectivity index (χ2n) is 10.2. The molecule has 4 heteroatoms. The molecule has 1 atom stereocenters. The fourth-order valence-corrected chi connectivity index (χ4v) is 34.9. The van der Waals surface area contributed by atoms with Crippen LogP contribution in [0.5, 0.6) is 0 Å². The molecule has 0 radical (unpaired) electrons. The lowest BCUT2D eigenvalue weighted by atomic mass is 10.2. The Balaban J connectivity index is 6.28. The van der Waals surface area contributed by atoms with Crippen molar-refractivity contribution in [2.75, 3.05) is 0 Å². The standard InChI is InChI=1S/C15H38OSi3/c1-14(2,3)19(12,15(4,5)6)13(17(7,8)9)18(10,11)16/h13,16H,1-12H3. The summed E-state index contributed by atoms with van der Waals surface area (Å²) in [7, 11) is -5.24. The molecule has 19 heavy (non-hydrogen) atoms. The summed E-state index contributed by atoms with van der Waals surface area (Å²) in [5, 5.41) is 0.645. The summed E-state index contributed by atoms with van der Waals surface area (Å²) < 4.78 is 0. The molecule has 116 valence electrons. The zero-order valence-corrected chi connectivity index (χ0v) is 18.5. The van der Waals surface area contributed by atoms with Crippen molar-refractivity contribution in [3.8, 4) is 0 Å². The molecule has 0 spiro atoms. The quantitative estimate of drug-likeness (QED) is 0.667. The van der Waals surface area contributed by atoms with E-state index in [1.165, 1.54) is 0 Å². The summed E-state index contributed by atoms with van der Waals surface area (Å²) >= 11 is 0. The second kappa shape index (κ2) is 5.11. The molecular weight excluding hydrogens is 280 g/mol. The summed E-state index contributed by atoms with van der Waals surface area (Å²) in [6, 6.07) is 0. The largest absolute Gasteiger partial charge is 0.433 e. The molecule has 1 nitrogen and oxygen atoms in total. The molecule has 0 saturated heterocycles. The normalized spacial score (nSPS) is 17.5. The van der Waals surface area contributed by atoms with Gasteiger partial charge >= 0.3 is 0 Å². The van der Waals surface area contributed by atoms with Gasteiger partial charge in [0.15, 0.2) is 8.32 Å². The molecule has 0 aliphatic heterocycles. The van der Waals surface area contributed by atoms with Gasteiger partial charge < -0.3 is 4.80 Å². The second-order valence-corrected chi connectivity index (χ2v) is 27.1. The van der Waals surface area contributed by atoms with Crippen molar-refractivity contribution in [2.45, 2.75) is 95.7 Å². The van der Waals surface area contributed by atoms with E-state index in [2.05, 4.69) is 80.8 Å². The van der Waals surface area contributed by atoms with Gasteiger partial charge in [-0.05, 0) is 28.0 Å². The highest BCUT2D eigenvalue weighted by atomic mass is 28.5. The summed E-state index contributed by atoms with van der Waals surface area (Å²) in [5.74, 6) is 0. The monoisotopic (exact) mass is 318 g/mol. The fourth-order valence-electron chi connectivity index (χ4n) is 4.62. The Hall–Kier alpha value is 0.611. The Morgan fingerprint density at radius 3 is 1.00 bits per heavy atom. The number of rotatable bonds is 3. The molecule has 0 fully saturated rings. The highest BCUT2D eigenvalue weighted by molar-refractivity contribution is 7.12. The van der Waals surface area contributed by atoms with Crippen LogP contribution in [0.3, 0.4) is 0 Å². The minimum Gasteiger partial charge on any atom is -0.433 e. The van der Waals surface area contributed by atoms with Gasteiger partial charge in [0.05, 0.1) is 8.07 Å². The summed E-state index contributed by atoms with van der Waals surface area (Å²) in [4.78, 5) is 11.7. The predicted molar refractivity (Wildman–Crippen MR) is 97.8 cm³/mol. The molecule has 0 amide bonds. The average Bonchev–Trinajstić information content (AvgIpc) is 1.92. The minimum atomic E-state index is -2.15. The lowest BCUT2D eigenvalue weighted by molar-refractivity contribution is 0.538. The molecule has 0 aliphatic carbocycles. The lowest BCUT2D eigenvalue weighted by Crippen LogP contribution is -2.66. The zero-order valence-electron chi connectivity index (χ0n) is 15.5. The van der Waals surface area contributed by atoms with Crippen LogP contribution in [-0.2, 0) is 0 Å². The van der Waals surface area contributed by atoms with Gasteiger partial charge in [0.25, 0.3) is 0 Å². The topological polar surface area (TPSA) is 20.2 Å². The third-order valence-electron chi connectivity index (χ3n) is 5.27. The smallest absolute Gasteiger partial charge is 0.180 e. The van der Waals surface area contributed by atoms with Crippen LogP contribution in [0.1, 0.15) is 41.5 Å². The molecule has 0 bridgehead atoms. The highest BCUT2D eigenvalue weighted by Crippen LogP contribution is 2.60. The van der Waals surface area contributed by atoms with Gasteiger partial charge in [-0.1, -0.05) is 67.7 Å². The molecule has 0 saturated carbocycles. The van der Waals surface area contributed by atoms with E-state index in [0.717, 1.165) is 0 Å². The van der Waals surface area contributed by atoms with E-state index in [-0.39, 0.29) is 0 Å². The molecule has 0 heterocycles. The highest BCUT2D eigenvalue weighted by Gasteiger charge is 2.61. The van der Waals surface area contributed by atoms with E-state index in [4.69, 9.17) is 0 Å². The van der Waals surface area contributed by atoms with Gasteiger partial charge in [-0.25, -0.2) is 0 Å². The van der Waals surface area contributed by atoms with Crippen LogP contribution in [0.15, 0.2) is 0 Å². The first kappa shape index (κ1) is 19.6. The van der Waals surface area contributed by atoms with E-state index in [1.807, 2.05) is 0 Å². The summed E-state index contributed by atoms with van der Waals surface area (Å²) in [6.45, 7) is 28.8. The predicted octanol–water partition coefficient (Wildman–Crippen LogP) is 5.65. The van der Waals surface area contributed by atoms with Gasteiger partial charge in [-0.3, -0.25) is 0 Å². The SMILES string of the molecule is CC(C)(C)[Si](C)(C([Si](C)(C)C)[Si](C)(C)O)C(C)(C)C. The van der Waals surface area contributed by atoms with E-state index in [0.29, 0.717) is 14.9 Å². The average molecular weight is 319 g/mol. The van der Waals surface area contributed by atoms with Crippen molar-refractivity contribution in [1.82, 2.24) is 0 Å². The van der Waals surface area contributed by atoms with Gasteiger partial charge in [0, 0.05) is 8.07 Å². The van der Waals surface area contributed by atoms with E-state index in [1.54, 1.807) is 0 Å². The van der Waals surface area contributed by atoms with Crippen molar-refractivity contribution in [3.63, 3.8) is 0 Å². The minimum absolute atomic E-state index is 0.323. The van der Waals surface area contributed by atoms with Crippen LogP contribution >= 0.6 is 0 Å². The Morgan fingerprint density at radius 1 is 0.684 bits per heavy atom. The summed E-state index contributed by atoms with van der Waals surface area (Å²) in [5.41, 5.74) is 0. The van der Waals surface area contributed by atoms with Crippen LogP contribution in [0, 0.1) is 0 Å². The van der Waals surface area contributed by atoms with Crippen LogP contribution in [0.25, 0.3) is 0 Å². The zero-order chi connectivity index (χ0) is 16.1. The van der Waals surface area contributed by atoms with E-state index in [9.17, 15) is 4.80 Å². The molecule has 0 aliphatic rings. The van der Waals surface area contributed by atoms with Crippen LogP contribution in [0.2, 0.25) is 54.1 Å². The Morgan fingerprint density at radius 2 is 0.947 bits per heavy atom. The third-order valence-corrected chi connectivity index (χ3v) is 28.7. The lowest BCUT2D eigenvalue weighted by Gasteiger charge is -2.60. The van der Waals surface area contributed by atoms with Crippen molar-refractivity contribution >= 4 is 24.5 Å². The number of hydrogen-bond acceptors (Lipinski definition) is 1. The maximum Gasteiger partial charge on any atom is 0.180 e. The molecule has 1 unspecified atom stereocenters. The fraction of sp³-hybridized carbons (Fsp3) is 1.00. The van der Waals surface area contributed by atoms with Crippen molar-refractivity contribution in [2.24, 2.45) is 0 Å². The molecular formula is C15H38OSi3. The number of hydrogen-bond donors (Lipinski definition) is 1. The van der Waals surface area contributed by atoms with Crippen molar-refractivity contribution < 1.29 is 4.80 Å².